The van der Waals surface area contributed by atoms with Crippen molar-refractivity contribution in [1.29, 1.82) is 0 Å². The SMILES string of the molecule is CCCCCCCCCCCCCC/C=C\CCCCCCCCCCCCCCCCCC(O)C(=O)NC(CO)C(O)C(O)CCCCCCCCCCCCCCCCCCCCCCCC. The van der Waals surface area contributed by atoms with Crippen LogP contribution < -0.4 is 5.32 Å². The zero-order valence-corrected chi connectivity index (χ0v) is 46.8. The normalized spacial score (nSPS) is 13.7. The summed E-state index contributed by atoms with van der Waals surface area (Å²) >= 11 is 0. The molecule has 4 atom stereocenters. The number of amides is 1. The summed E-state index contributed by atoms with van der Waals surface area (Å²) in [6, 6.07) is -0.983. The second-order valence-corrected chi connectivity index (χ2v) is 22.1. The molecule has 0 aliphatic rings. The lowest BCUT2D eigenvalue weighted by molar-refractivity contribution is -0.132. The van der Waals surface area contributed by atoms with E-state index >= 15 is 0 Å². The number of hydrogen-bond acceptors (Lipinski definition) is 5. The van der Waals surface area contributed by atoms with Crippen LogP contribution in [0.25, 0.3) is 0 Å². The Labute approximate surface area is 432 Å². The Balaban J connectivity index is 3.55. The van der Waals surface area contributed by atoms with E-state index in [-0.39, 0.29) is 0 Å². The van der Waals surface area contributed by atoms with E-state index < -0.39 is 36.9 Å². The second-order valence-electron chi connectivity index (χ2n) is 22.1. The van der Waals surface area contributed by atoms with Gasteiger partial charge in [-0.15, -0.1) is 0 Å². The molecule has 0 spiro atoms. The van der Waals surface area contributed by atoms with Crippen LogP contribution in [-0.4, -0.2) is 57.3 Å². The van der Waals surface area contributed by atoms with Crippen LogP contribution >= 0.6 is 0 Å². The van der Waals surface area contributed by atoms with Gasteiger partial charge in [0.05, 0.1) is 18.8 Å². The van der Waals surface area contributed by atoms with Crippen molar-refractivity contribution in [2.24, 2.45) is 0 Å². The molecule has 0 rings (SSSR count). The highest BCUT2D eigenvalue weighted by Crippen LogP contribution is 2.19. The Morgan fingerprint density at radius 1 is 0.348 bits per heavy atom. The van der Waals surface area contributed by atoms with Gasteiger partial charge in [-0.3, -0.25) is 4.79 Å². The Hall–Kier alpha value is -0.950. The number of carbonyl (C=O) groups excluding carboxylic acids is 1. The van der Waals surface area contributed by atoms with Crippen LogP contribution in [0, 0.1) is 0 Å². The number of aliphatic hydroxyl groups is 4. The van der Waals surface area contributed by atoms with Gasteiger partial charge < -0.3 is 25.7 Å². The molecule has 4 unspecified atom stereocenters. The summed E-state index contributed by atoms with van der Waals surface area (Å²) in [7, 11) is 0. The summed E-state index contributed by atoms with van der Waals surface area (Å²) in [6.07, 6.45) is 70.2. The molecule has 6 nitrogen and oxygen atoms in total. The van der Waals surface area contributed by atoms with Crippen molar-refractivity contribution in [3.8, 4) is 0 Å². The van der Waals surface area contributed by atoms with Crippen LogP contribution in [0.1, 0.15) is 354 Å². The van der Waals surface area contributed by atoms with Crippen molar-refractivity contribution in [1.82, 2.24) is 5.32 Å². The Morgan fingerprint density at radius 2 is 0.580 bits per heavy atom. The summed E-state index contributed by atoms with van der Waals surface area (Å²) < 4.78 is 0. The molecule has 412 valence electrons. The fourth-order valence-electron chi connectivity index (χ4n) is 10.3. The molecule has 0 bridgehead atoms. The van der Waals surface area contributed by atoms with Crippen molar-refractivity contribution < 1.29 is 25.2 Å². The third-order valence-corrected chi connectivity index (χ3v) is 15.2. The summed E-state index contributed by atoms with van der Waals surface area (Å²) in [6.45, 7) is 4.11. The molecule has 0 aliphatic carbocycles. The zero-order chi connectivity index (χ0) is 50.2. The molecule has 0 saturated heterocycles. The number of carbonyl (C=O) groups is 1. The molecule has 0 radical (unpaired) electrons. The molecule has 0 heterocycles. The number of unbranched alkanes of at least 4 members (excludes halogenated alkanes) is 48. The lowest BCUT2D eigenvalue weighted by Crippen LogP contribution is -2.53. The molecule has 0 saturated carbocycles. The number of allylic oxidation sites excluding steroid dienone is 2. The first-order chi connectivity index (χ1) is 34.0. The maximum atomic E-state index is 12.6. The van der Waals surface area contributed by atoms with E-state index in [9.17, 15) is 25.2 Å². The predicted molar refractivity (Wildman–Crippen MR) is 302 cm³/mol. The van der Waals surface area contributed by atoms with E-state index in [0.29, 0.717) is 12.8 Å². The maximum absolute atomic E-state index is 12.6. The highest BCUT2D eigenvalue weighted by molar-refractivity contribution is 5.80. The first-order valence-electron chi connectivity index (χ1n) is 31.6. The molecule has 0 aromatic rings. The number of rotatable bonds is 59. The van der Waals surface area contributed by atoms with Crippen LogP contribution in [0.2, 0.25) is 0 Å². The van der Waals surface area contributed by atoms with Crippen molar-refractivity contribution in [3.05, 3.63) is 12.2 Å². The van der Waals surface area contributed by atoms with Gasteiger partial charge >= 0.3 is 0 Å². The smallest absolute Gasteiger partial charge is 0.249 e. The average molecular weight is 977 g/mol. The largest absolute Gasteiger partial charge is 0.394 e. The molecule has 5 N–H and O–H groups in total. The molecule has 0 aliphatic heterocycles. The molecular formula is C63H125NO5. The second kappa shape index (κ2) is 57.9. The van der Waals surface area contributed by atoms with E-state index in [1.54, 1.807) is 0 Å². The lowest BCUT2D eigenvalue weighted by Gasteiger charge is -2.27. The predicted octanol–water partition coefficient (Wildman–Crippen LogP) is 18.8. The highest BCUT2D eigenvalue weighted by Gasteiger charge is 2.28. The minimum Gasteiger partial charge on any atom is -0.394 e. The van der Waals surface area contributed by atoms with E-state index in [1.165, 1.54) is 289 Å². The number of nitrogens with one attached hydrogen (secondary N) is 1. The quantitative estimate of drug-likeness (QED) is 0.0308. The monoisotopic (exact) mass is 976 g/mol. The van der Waals surface area contributed by atoms with Gasteiger partial charge in [-0.25, -0.2) is 0 Å². The topological polar surface area (TPSA) is 110 Å². The van der Waals surface area contributed by atoms with Gasteiger partial charge in [-0.2, -0.15) is 0 Å². The standard InChI is InChI=1S/C63H125NO5/c1-3-5-7-9-11-13-15-17-19-21-23-25-27-28-29-30-31-32-33-34-35-37-39-41-43-45-47-49-51-53-55-57-61(67)63(69)64-59(58-65)62(68)60(66)56-54-52-50-48-46-44-42-40-38-36-26-24-22-20-18-16-14-12-10-8-6-4-2/h28-29,59-62,65-68H,3-27,30-58H2,1-2H3,(H,64,69)/b29-28-. The molecule has 0 aromatic heterocycles. The summed E-state index contributed by atoms with van der Waals surface area (Å²) in [5.41, 5.74) is 0. The van der Waals surface area contributed by atoms with Crippen LogP contribution in [0.3, 0.4) is 0 Å². The van der Waals surface area contributed by atoms with Crippen LogP contribution in [0.4, 0.5) is 0 Å². The van der Waals surface area contributed by atoms with Gasteiger partial charge in [0.2, 0.25) is 5.91 Å². The van der Waals surface area contributed by atoms with E-state index in [0.717, 1.165) is 38.5 Å². The van der Waals surface area contributed by atoms with Crippen LogP contribution in [0.5, 0.6) is 0 Å². The first-order valence-corrected chi connectivity index (χ1v) is 31.6. The van der Waals surface area contributed by atoms with Crippen molar-refractivity contribution in [3.63, 3.8) is 0 Å². The third-order valence-electron chi connectivity index (χ3n) is 15.2. The maximum Gasteiger partial charge on any atom is 0.249 e. The zero-order valence-electron chi connectivity index (χ0n) is 46.8. The molecule has 69 heavy (non-hydrogen) atoms. The molecule has 0 aromatic carbocycles. The Morgan fingerprint density at radius 3 is 0.841 bits per heavy atom. The van der Waals surface area contributed by atoms with Crippen LogP contribution in [-0.2, 0) is 4.79 Å². The molecule has 6 heteroatoms. The summed E-state index contributed by atoms with van der Waals surface area (Å²) in [4.78, 5) is 12.6. The van der Waals surface area contributed by atoms with Crippen molar-refractivity contribution >= 4 is 5.91 Å². The van der Waals surface area contributed by atoms with Gasteiger partial charge in [0, 0.05) is 0 Å². The number of hydrogen-bond donors (Lipinski definition) is 5. The minimum absolute atomic E-state index is 0.374. The van der Waals surface area contributed by atoms with Crippen molar-refractivity contribution in [2.75, 3.05) is 6.61 Å². The minimum atomic E-state index is -1.26. The first kappa shape index (κ1) is 68.0. The molecule has 1 amide bonds. The fraction of sp³-hybridized carbons (Fsp3) is 0.952. The van der Waals surface area contributed by atoms with Gasteiger partial charge in [-0.1, -0.05) is 328 Å². The van der Waals surface area contributed by atoms with Crippen LogP contribution in [0.15, 0.2) is 12.2 Å². The Bertz CT molecular complexity index is 1010. The summed E-state index contributed by atoms with van der Waals surface area (Å²) in [5.74, 6) is -0.576. The highest BCUT2D eigenvalue weighted by atomic mass is 16.3. The fourth-order valence-corrected chi connectivity index (χ4v) is 10.3. The van der Waals surface area contributed by atoms with Gasteiger partial charge in [-0.05, 0) is 38.5 Å². The lowest BCUT2D eigenvalue weighted by atomic mass is 9.99. The van der Waals surface area contributed by atoms with E-state index in [1.807, 2.05) is 0 Å². The Kier molecular flexibility index (Phi) is 57.1. The van der Waals surface area contributed by atoms with Gasteiger partial charge in [0.25, 0.3) is 0 Å². The van der Waals surface area contributed by atoms with Gasteiger partial charge in [0.15, 0.2) is 0 Å². The molecular weight excluding hydrogens is 851 g/mol. The number of aliphatic hydroxyl groups excluding tert-OH is 4. The van der Waals surface area contributed by atoms with Gasteiger partial charge in [0.1, 0.15) is 12.2 Å². The van der Waals surface area contributed by atoms with Crippen molar-refractivity contribution in [2.45, 2.75) is 379 Å². The van der Waals surface area contributed by atoms with E-state index in [2.05, 4.69) is 31.3 Å². The third kappa shape index (κ3) is 51.7. The molecule has 0 fully saturated rings. The average Bonchev–Trinajstić information content (AvgIpc) is 3.35. The van der Waals surface area contributed by atoms with E-state index in [4.69, 9.17) is 0 Å². The summed E-state index contributed by atoms with van der Waals surface area (Å²) in [5, 5.41) is 44.1.